The molecule has 0 saturated carbocycles. The second-order valence-corrected chi connectivity index (χ2v) is 3.45. The molecule has 100 valence electrons. The Labute approximate surface area is 106 Å². The number of aromatic nitrogens is 2. The number of ether oxygens (including phenoxy) is 1. The molecule has 0 radical (unpaired) electrons. The lowest BCUT2D eigenvalue weighted by Crippen LogP contribution is -2.03. The monoisotopic (exact) mass is 270 g/mol. The van der Waals surface area contributed by atoms with Crippen LogP contribution in [0.15, 0.2) is 30.6 Å². The zero-order valence-electron chi connectivity index (χ0n) is 9.48. The van der Waals surface area contributed by atoms with Crippen LogP contribution in [0.5, 0.6) is 5.75 Å². The van der Waals surface area contributed by atoms with E-state index in [0.717, 1.165) is 6.33 Å². The largest absolute Gasteiger partial charge is 0.435 e. The maximum Gasteiger partial charge on any atom is 0.387 e. The van der Waals surface area contributed by atoms with Crippen molar-refractivity contribution in [2.45, 2.75) is 6.61 Å². The van der Waals surface area contributed by atoms with Crippen LogP contribution in [-0.2, 0) is 0 Å². The van der Waals surface area contributed by atoms with Gasteiger partial charge in [-0.05, 0) is 24.3 Å². The van der Waals surface area contributed by atoms with E-state index in [2.05, 4.69) is 20.0 Å². The molecule has 1 heterocycles. The topological polar surface area (TPSA) is 73.1 Å². The highest BCUT2D eigenvalue weighted by molar-refractivity contribution is 5.59. The molecule has 8 heteroatoms. The molecule has 0 aliphatic heterocycles. The van der Waals surface area contributed by atoms with Gasteiger partial charge >= 0.3 is 6.61 Å². The Balaban J connectivity index is 2.13. The van der Waals surface area contributed by atoms with Crippen molar-refractivity contribution in [3.05, 3.63) is 36.4 Å². The van der Waals surface area contributed by atoms with Gasteiger partial charge in [-0.3, -0.25) is 0 Å². The van der Waals surface area contributed by atoms with Gasteiger partial charge in [0.1, 0.15) is 12.1 Å². The summed E-state index contributed by atoms with van der Waals surface area (Å²) in [6, 6.07) is 5.51. The smallest absolute Gasteiger partial charge is 0.387 e. The van der Waals surface area contributed by atoms with E-state index in [1.54, 1.807) is 0 Å². The van der Waals surface area contributed by atoms with Gasteiger partial charge in [-0.25, -0.2) is 9.97 Å². The van der Waals surface area contributed by atoms with E-state index in [-0.39, 0.29) is 17.4 Å². The molecule has 2 rings (SSSR count). The fourth-order valence-corrected chi connectivity index (χ4v) is 1.33. The predicted octanol–water partition coefficient (Wildman–Crippen LogP) is 2.54. The van der Waals surface area contributed by atoms with E-state index in [1.807, 2.05) is 0 Å². The summed E-state index contributed by atoms with van der Waals surface area (Å²) >= 11 is 0. The highest BCUT2D eigenvalue weighted by atomic mass is 19.3. The molecule has 3 N–H and O–H groups in total. The molecule has 0 aliphatic rings. The van der Waals surface area contributed by atoms with Gasteiger partial charge < -0.3 is 15.8 Å². The lowest BCUT2D eigenvalue weighted by atomic mass is 10.3. The van der Waals surface area contributed by atoms with Gasteiger partial charge in [0.15, 0.2) is 11.6 Å². The van der Waals surface area contributed by atoms with Crippen LogP contribution in [0.2, 0.25) is 0 Å². The van der Waals surface area contributed by atoms with Crippen molar-refractivity contribution in [3.63, 3.8) is 0 Å². The van der Waals surface area contributed by atoms with Gasteiger partial charge in [0.2, 0.25) is 5.82 Å². The molecular weight excluding hydrogens is 261 g/mol. The van der Waals surface area contributed by atoms with E-state index < -0.39 is 12.4 Å². The average molecular weight is 270 g/mol. The van der Waals surface area contributed by atoms with Gasteiger partial charge in [0.25, 0.3) is 0 Å². The molecule has 19 heavy (non-hydrogen) atoms. The number of alkyl halides is 2. The summed E-state index contributed by atoms with van der Waals surface area (Å²) in [4.78, 5) is 7.15. The number of nitrogens with zero attached hydrogens (tertiary/aromatic N) is 2. The Hall–Kier alpha value is -2.51. The van der Waals surface area contributed by atoms with Crippen molar-refractivity contribution < 1.29 is 17.9 Å². The maximum atomic E-state index is 13.5. The standard InChI is InChI=1S/C11H9F3N4O/c12-8-9(15)16-5-17-10(8)18-6-1-3-7(4-2-6)19-11(13)14/h1-5,11H,(H3,15,16,17,18). The number of nitrogen functional groups attached to an aromatic ring is 1. The summed E-state index contributed by atoms with van der Waals surface area (Å²) in [5, 5.41) is 2.64. The van der Waals surface area contributed by atoms with Gasteiger partial charge in [-0.2, -0.15) is 13.2 Å². The normalized spacial score (nSPS) is 10.5. The maximum absolute atomic E-state index is 13.5. The van der Waals surface area contributed by atoms with E-state index in [0.29, 0.717) is 5.69 Å². The van der Waals surface area contributed by atoms with Crippen LogP contribution in [0.3, 0.4) is 0 Å². The van der Waals surface area contributed by atoms with Crippen molar-refractivity contribution >= 4 is 17.3 Å². The highest BCUT2D eigenvalue weighted by Crippen LogP contribution is 2.22. The molecule has 0 amide bonds. The summed E-state index contributed by atoms with van der Waals surface area (Å²) in [7, 11) is 0. The quantitative estimate of drug-likeness (QED) is 0.893. The summed E-state index contributed by atoms with van der Waals surface area (Å²) < 4.78 is 41.6. The number of hydrogen-bond donors (Lipinski definition) is 2. The van der Waals surface area contributed by atoms with Crippen molar-refractivity contribution in [2.75, 3.05) is 11.1 Å². The minimum atomic E-state index is -2.89. The lowest BCUT2D eigenvalue weighted by molar-refractivity contribution is -0.0498. The lowest BCUT2D eigenvalue weighted by Gasteiger charge is -2.08. The molecule has 0 saturated heterocycles. The van der Waals surface area contributed by atoms with E-state index in [1.165, 1.54) is 24.3 Å². The second kappa shape index (κ2) is 5.42. The first-order chi connectivity index (χ1) is 9.06. The summed E-state index contributed by atoms with van der Waals surface area (Å²) in [6.07, 6.45) is 1.11. The summed E-state index contributed by atoms with van der Waals surface area (Å²) in [5.74, 6) is -1.16. The first-order valence-corrected chi connectivity index (χ1v) is 5.14. The first kappa shape index (κ1) is 12.9. The third kappa shape index (κ3) is 3.24. The molecule has 1 aromatic carbocycles. The van der Waals surface area contributed by atoms with E-state index >= 15 is 0 Å². The third-order valence-electron chi connectivity index (χ3n) is 2.16. The number of rotatable bonds is 4. The Morgan fingerprint density at radius 3 is 2.47 bits per heavy atom. The van der Waals surface area contributed by atoms with Crippen LogP contribution < -0.4 is 15.8 Å². The predicted molar refractivity (Wildman–Crippen MR) is 62.8 cm³/mol. The van der Waals surface area contributed by atoms with Gasteiger partial charge in [-0.15, -0.1) is 0 Å². The average Bonchev–Trinajstić information content (AvgIpc) is 2.37. The van der Waals surface area contributed by atoms with Crippen LogP contribution in [0.1, 0.15) is 0 Å². The Morgan fingerprint density at radius 1 is 1.16 bits per heavy atom. The van der Waals surface area contributed by atoms with Crippen LogP contribution in [-0.4, -0.2) is 16.6 Å². The van der Waals surface area contributed by atoms with Gasteiger partial charge in [0.05, 0.1) is 0 Å². The SMILES string of the molecule is Nc1ncnc(Nc2ccc(OC(F)F)cc2)c1F. The Bertz CT molecular complexity index is 562. The molecular formula is C11H9F3N4O. The Kier molecular flexibility index (Phi) is 3.69. The van der Waals surface area contributed by atoms with E-state index in [4.69, 9.17) is 5.73 Å². The first-order valence-electron chi connectivity index (χ1n) is 5.14. The third-order valence-corrected chi connectivity index (χ3v) is 2.16. The number of hydrogen-bond acceptors (Lipinski definition) is 5. The number of benzene rings is 1. The zero-order chi connectivity index (χ0) is 13.8. The van der Waals surface area contributed by atoms with Crippen molar-refractivity contribution in [1.29, 1.82) is 0 Å². The number of anilines is 3. The fraction of sp³-hybridized carbons (Fsp3) is 0.0909. The number of halogens is 3. The van der Waals surface area contributed by atoms with Crippen molar-refractivity contribution in [1.82, 2.24) is 9.97 Å². The molecule has 0 bridgehead atoms. The zero-order valence-corrected chi connectivity index (χ0v) is 9.48. The molecule has 0 spiro atoms. The Morgan fingerprint density at radius 2 is 1.84 bits per heavy atom. The molecule has 2 aromatic rings. The van der Waals surface area contributed by atoms with Crippen molar-refractivity contribution in [3.8, 4) is 5.75 Å². The van der Waals surface area contributed by atoms with Gasteiger partial charge in [-0.1, -0.05) is 0 Å². The van der Waals surface area contributed by atoms with Crippen LogP contribution >= 0.6 is 0 Å². The molecule has 1 aromatic heterocycles. The van der Waals surface area contributed by atoms with Crippen molar-refractivity contribution in [2.24, 2.45) is 0 Å². The van der Waals surface area contributed by atoms with E-state index in [9.17, 15) is 13.2 Å². The number of nitrogens with two attached hydrogens (primary N) is 1. The summed E-state index contributed by atoms with van der Waals surface area (Å²) in [6.45, 7) is -2.89. The molecule has 0 unspecified atom stereocenters. The fourth-order valence-electron chi connectivity index (χ4n) is 1.33. The second-order valence-electron chi connectivity index (χ2n) is 3.45. The van der Waals surface area contributed by atoms with Crippen LogP contribution in [0.4, 0.5) is 30.5 Å². The highest BCUT2D eigenvalue weighted by Gasteiger charge is 2.09. The minimum absolute atomic E-state index is 0.00298. The molecule has 0 aliphatic carbocycles. The van der Waals surface area contributed by atoms with Crippen LogP contribution in [0, 0.1) is 5.82 Å². The molecule has 0 atom stereocenters. The summed E-state index contributed by atoms with van der Waals surface area (Å²) in [5.41, 5.74) is 5.73. The molecule has 0 fully saturated rings. The van der Waals surface area contributed by atoms with Crippen LogP contribution in [0.25, 0.3) is 0 Å². The van der Waals surface area contributed by atoms with Gasteiger partial charge in [0, 0.05) is 5.69 Å². The number of nitrogens with one attached hydrogen (secondary N) is 1. The minimum Gasteiger partial charge on any atom is -0.435 e. The molecule has 5 nitrogen and oxygen atoms in total.